The maximum absolute atomic E-state index is 11.0. The number of methoxy groups -OCH3 is 1. The average Bonchev–Trinajstić information content (AvgIpc) is 2.28. The smallest absolute Gasteiger partial charge is 0.303 e. The van der Waals surface area contributed by atoms with E-state index in [2.05, 4.69) is 21.2 Å². The molecule has 0 saturated heterocycles. The van der Waals surface area contributed by atoms with Gasteiger partial charge in [-0.1, -0.05) is 29.8 Å². The molecular formula is C14H20BrNO3. The molecule has 1 unspecified atom stereocenters. The molecule has 5 heteroatoms. The summed E-state index contributed by atoms with van der Waals surface area (Å²) in [5, 5.41) is 12.3. The largest absolute Gasteiger partial charge is 0.496 e. The number of aliphatic carboxylic acids is 1. The zero-order valence-corrected chi connectivity index (χ0v) is 13.2. The fraction of sp³-hybridized carbons (Fsp3) is 0.500. The molecule has 0 saturated carbocycles. The summed E-state index contributed by atoms with van der Waals surface area (Å²) in [6, 6.07) is 5.62. The second-order valence-electron chi connectivity index (χ2n) is 5.17. The molecular weight excluding hydrogens is 310 g/mol. The Morgan fingerprint density at radius 3 is 2.63 bits per heavy atom. The van der Waals surface area contributed by atoms with Crippen LogP contribution >= 0.6 is 15.9 Å². The minimum absolute atomic E-state index is 0.0776. The molecule has 1 rings (SSSR count). The number of carboxylic acid groups (broad SMARTS) is 1. The summed E-state index contributed by atoms with van der Waals surface area (Å²) >= 11 is 3.44. The Kier molecular flexibility index (Phi) is 5.38. The SMILES string of the molecule is CNC(c1cc(Br)ccc1OC)C(C)(C)CC(=O)O. The van der Waals surface area contributed by atoms with Gasteiger partial charge in [0.15, 0.2) is 0 Å². The van der Waals surface area contributed by atoms with Gasteiger partial charge in [-0.05, 0) is 30.7 Å². The first-order chi connectivity index (χ1) is 8.81. The molecule has 4 nitrogen and oxygen atoms in total. The van der Waals surface area contributed by atoms with Crippen molar-refractivity contribution in [2.45, 2.75) is 26.3 Å². The van der Waals surface area contributed by atoms with E-state index in [-0.39, 0.29) is 12.5 Å². The van der Waals surface area contributed by atoms with Gasteiger partial charge in [0, 0.05) is 16.1 Å². The molecule has 0 amide bonds. The van der Waals surface area contributed by atoms with Crippen LogP contribution in [0.25, 0.3) is 0 Å². The number of hydrogen-bond acceptors (Lipinski definition) is 3. The topological polar surface area (TPSA) is 58.6 Å². The van der Waals surface area contributed by atoms with E-state index in [1.54, 1.807) is 7.11 Å². The molecule has 0 bridgehead atoms. The van der Waals surface area contributed by atoms with Crippen molar-refractivity contribution in [3.05, 3.63) is 28.2 Å². The third-order valence-electron chi connectivity index (χ3n) is 3.18. The maximum atomic E-state index is 11.0. The van der Waals surface area contributed by atoms with Crippen molar-refractivity contribution in [3.8, 4) is 5.75 Å². The Morgan fingerprint density at radius 1 is 1.53 bits per heavy atom. The lowest BCUT2D eigenvalue weighted by atomic mass is 9.77. The molecule has 0 aliphatic rings. The van der Waals surface area contributed by atoms with E-state index in [4.69, 9.17) is 9.84 Å². The van der Waals surface area contributed by atoms with Gasteiger partial charge in [0.25, 0.3) is 0 Å². The second kappa shape index (κ2) is 6.39. The highest BCUT2D eigenvalue weighted by Gasteiger charge is 2.33. The molecule has 106 valence electrons. The highest BCUT2D eigenvalue weighted by atomic mass is 79.9. The van der Waals surface area contributed by atoms with E-state index in [1.807, 2.05) is 39.1 Å². The normalized spacial score (nSPS) is 13.1. The monoisotopic (exact) mass is 329 g/mol. The molecule has 0 radical (unpaired) electrons. The van der Waals surface area contributed by atoms with Crippen LogP contribution in [0.4, 0.5) is 0 Å². The molecule has 0 aromatic heterocycles. The Morgan fingerprint density at radius 2 is 2.16 bits per heavy atom. The minimum atomic E-state index is -0.806. The van der Waals surface area contributed by atoms with Crippen molar-refractivity contribution < 1.29 is 14.6 Å². The van der Waals surface area contributed by atoms with E-state index < -0.39 is 11.4 Å². The third-order valence-corrected chi connectivity index (χ3v) is 3.67. The molecule has 0 heterocycles. The molecule has 0 fully saturated rings. The van der Waals surface area contributed by atoms with E-state index in [9.17, 15) is 4.79 Å². The van der Waals surface area contributed by atoms with Crippen LogP contribution in [-0.2, 0) is 4.79 Å². The van der Waals surface area contributed by atoms with Crippen LogP contribution in [0, 0.1) is 5.41 Å². The number of carboxylic acids is 1. The molecule has 0 aliphatic carbocycles. The number of ether oxygens (including phenoxy) is 1. The van der Waals surface area contributed by atoms with E-state index >= 15 is 0 Å². The van der Waals surface area contributed by atoms with Gasteiger partial charge in [0.1, 0.15) is 5.75 Å². The summed E-state index contributed by atoms with van der Waals surface area (Å²) in [6.07, 6.45) is 0.0776. The molecule has 1 aromatic carbocycles. The number of benzene rings is 1. The summed E-state index contributed by atoms with van der Waals surface area (Å²) in [6.45, 7) is 3.87. The summed E-state index contributed by atoms with van der Waals surface area (Å²) < 4.78 is 6.31. The average molecular weight is 330 g/mol. The summed E-state index contributed by atoms with van der Waals surface area (Å²) in [7, 11) is 3.44. The van der Waals surface area contributed by atoms with Gasteiger partial charge in [-0.2, -0.15) is 0 Å². The van der Waals surface area contributed by atoms with Crippen LogP contribution < -0.4 is 10.1 Å². The molecule has 19 heavy (non-hydrogen) atoms. The molecule has 1 atom stereocenters. The maximum Gasteiger partial charge on any atom is 0.303 e. The van der Waals surface area contributed by atoms with Gasteiger partial charge >= 0.3 is 5.97 Å². The van der Waals surface area contributed by atoms with Gasteiger partial charge in [0.2, 0.25) is 0 Å². The van der Waals surface area contributed by atoms with E-state index in [0.717, 1.165) is 15.8 Å². The zero-order chi connectivity index (χ0) is 14.6. The molecule has 0 spiro atoms. The lowest BCUT2D eigenvalue weighted by Crippen LogP contribution is -2.34. The quantitative estimate of drug-likeness (QED) is 0.841. The van der Waals surface area contributed by atoms with Gasteiger partial charge < -0.3 is 15.2 Å². The van der Waals surface area contributed by atoms with Gasteiger partial charge in [-0.25, -0.2) is 0 Å². The minimum Gasteiger partial charge on any atom is -0.496 e. The van der Waals surface area contributed by atoms with Crippen LogP contribution in [0.5, 0.6) is 5.75 Å². The third kappa shape index (κ3) is 3.94. The highest BCUT2D eigenvalue weighted by molar-refractivity contribution is 9.10. The standard InChI is InChI=1S/C14H20BrNO3/c1-14(2,8-12(17)18)13(16-3)10-7-9(15)5-6-11(10)19-4/h5-7,13,16H,8H2,1-4H3,(H,17,18). The summed E-state index contributed by atoms with van der Waals surface area (Å²) in [5.74, 6) is -0.0553. The Balaban J connectivity index is 3.22. The van der Waals surface area contributed by atoms with Crippen LogP contribution in [0.3, 0.4) is 0 Å². The Bertz CT molecular complexity index is 460. The van der Waals surface area contributed by atoms with Crippen LogP contribution in [0.15, 0.2) is 22.7 Å². The van der Waals surface area contributed by atoms with Crippen molar-refractivity contribution >= 4 is 21.9 Å². The lowest BCUT2D eigenvalue weighted by Gasteiger charge is -2.34. The van der Waals surface area contributed by atoms with E-state index in [1.165, 1.54) is 0 Å². The molecule has 0 aliphatic heterocycles. The summed E-state index contributed by atoms with van der Waals surface area (Å²) in [4.78, 5) is 11.0. The predicted octanol–water partition coefficient (Wildman–Crippen LogP) is 3.22. The van der Waals surface area contributed by atoms with Crippen molar-refractivity contribution in [1.82, 2.24) is 5.32 Å². The van der Waals surface area contributed by atoms with Gasteiger partial charge in [0.05, 0.1) is 13.5 Å². The Labute approximate surface area is 122 Å². The highest BCUT2D eigenvalue weighted by Crippen LogP contribution is 2.40. The number of rotatable bonds is 6. The first-order valence-corrected chi connectivity index (χ1v) is 6.83. The molecule has 2 N–H and O–H groups in total. The van der Waals surface area contributed by atoms with Crippen LogP contribution in [0.2, 0.25) is 0 Å². The van der Waals surface area contributed by atoms with Crippen molar-refractivity contribution in [1.29, 1.82) is 0 Å². The number of carbonyl (C=O) groups is 1. The summed E-state index contributed by atoms with van der Waals surface area (Å²) in [5.41, 5.74) is 0.514. The van der Waals surface area contributed by atoms with Gasteiger partial charge in [-0.3, -0.25) is 4.79 Å². The Hall–Kier alpha value is -1.07. The van der Waals surface area contributed by atoms with Crippen LogP contribution in [-0.4, -0.2) is 25.2 Å². The fourth-order valence-electron chi connectivity index (χ4n) is 2.39. The van der Waals surface area contributed by atoms with Crippen molar-refractivity contribution in [2.75, 3.05) is 14.2 Å². The lowest BCUT2D eigenvalue weighted by molar-refractivity contribution is -0.139. The first-order valence-electron chi connectivity index (χ1n) is 6.04. The molecule has 1 aromatic rings. The van der Waals surface area contributed by atoms with Crippen molar-refractivity contribution in [2.24, 2.45) is 5.41 Å². The predicted molar refractivity (Wildman–Crippen MR) is 78.5 cm³/mol. The number of hydrogen-bond donors (Lipinski definition) is 2. The van der Waals surface area contributed by atoms with E-state index in [0.29, 0.717) is 0 Å². The van der Waals surface area contributed by atoms with Crippen molar-refractivity contribution in [3.63, 3.8) is 0 Å². The fourth-order valence-corrected chi connectivity index (χ4v) is 2.77. The first kappa shape index (κ1) is 16.0. The zero-order valence-electron chi connectivity index (χ0n) is 11.7. The van der Waals surface area contributed by atoms with Gasteiger partial charge in [-0.15, -0.1) is 0 Å². The number of halogens is 1. The number of nitrogens with one attached hydrogen (secondary N) is 1. The second-order valence-corrected chi connectivity index (χ2v) is 6.08. The van der Waals surface area contributed by atoms with Crippen LogP contribution in [0.1, 0.15) is 31.9 Å².